The molecule has 1 aliphatic carbocycles. The van der Waals surface area contributed by atoms with Gasteiger partial charge in [-0.15, -0.1) is 5.10 Å². The molecule has 1 saturated carbocycles. The van der Waals surface area contributed by atoms with Gasteiger partial charge >= 0.3 is 0 Å². The maximum absolute atomic E-state index is 13.9. The van der Waals surface area contributed by atoms with Crippen LogP contribution >= 0.6 is 0 Å². The van der Waals surface area contributed by atoms with Gasteiger partial charge in [-0.3, -0.25) is 9.78 Å². The molecule has 1 atom stereocenters. The highest BCUT2D eigenvalue weighted by atomic mass is 19.1. The molecular weight excluding hydrogens is 437 g/mol. The van der Waals surface area contributed by atoms with E-state index in [4.69, 9.17) is 9.47 Å². The highest BCUT2D eigenvalue weighted by Crippen LogP contribution is 2.58. The van der Waals surface area contributed by atoms with Crippen molar-refractivity contribution in [2.24, 2.45) is 0 Å². The number of carbonyl (C=O) groups is 1. The minimum atomic E-state index is -0.676. The molecular formula is C25H28FN5O3. The molecule has 7 rings (SSSR count). The molecule has 1 amide bonds. The number of hydrogen-bond acceptors (Lipinski definition) is 6. The first-order valence-corrected chi connectivity index (χ1v) is 11.9. The Hall–Kier alpha value is -3.07. The molecule has 0 spiro atoms. The van der Waals surface area contributed by atoms with E-state index in [1.807, 2.05) is 49.1 Å². The number of halogens is 1. The third-order valence-electron chi connectivity index (χ3n) is 7.71. The molecule has 2 saturated heterocycles. The number of hydrogen-bond donors (Lipinski definition) is 0. The van der Waals surface area contributed by atoms with Crippen LogP contribution in [-0.2, 0) is 28.1 Å². The topological polar surface area (TPSA) is 82.4 Å². The largest absolute Gasteiger partial charge is 0.484 e. The number of pyridine rings is 1. The summed E-state index contributed by atoms with van der Waals surface area (Å²) in [5.41, 5.74) is 2.99. The van der Waals surface area contributed by atoms with E-state index in [0.717, 1.165) is 28.6 Å². The molecule has 3 aromatic rings. The minimum absolute atomic E-state index is 0.00592. The van der Waals surface area contributed by atoms with Gasteiger partial charge in [-0.25, -0.2) is 9.07 Å². The number of rotatable bonds is 6. The van der Waals surface area contributed by atoms with Crippen LogP contribution in [0.1, 0.15) is 56.0 Å². The number of nitrogens with zero attached hydrogens (tertiary/aromatic N) is 5. The molecule has 2 aromatic heterocycles. The first-order valence-electron chi connectivity index (χ1n) is 11.9. The quantitative estimate of drug-likeness (QED) is 0.554. The van der Waals surface area contributed by atoms with Crippen molar-refractivity contribution >= 4 is 16.8 Å². The van der Waals surface area contributed by atoms with Gasteiger partial charge in [-0.05, 0) is 42.7 Å². The van der Waals surface area contributed by atoms with Crippen LogP contribution in [-0.4, -0.2) is 56.2 Å². The number of benzene rings is 1. The number of fused-ring (bicyclic) bond motifs is 4. The lowest BCUT2D eigenvalue weighted by Gasteiger charge is -2.45. The fourth-order valence-corrected chi connectivity index (χ4v) is 5.96. The molecule has 0 N–H and O–H groups in total. The summed E-state index contributed by atoms with van der Waals surface area (Å²) in [5, 5.41) is 9.82. The zero-order valence-corrected chi connectivity index (χ0v) is 19.5. The second kappa shape index (κ2) is 7.73. The Labute approximate surface area is 197 Å². The van der Waals surface area contributed by atoms with Gasteiger partial charge in [0.25, 0.3) is 0 Å². The Bertz CT molecular complexity index is 1270. The Morgan fingerprint density at radius 2 is 2.21 bits per heavy atom. The molecule has 34 heavy (non-hydrogen) atoms. The Kier molecular flexibility index (Phi) is 4.88. The number of alkyl halides is 1. The number of carbonyl (C=O) groups excluding carboxylic acids is 1. The van der Waals surface area contributed by atoms with E-state index in [-0.39, 0.29) is 17.6 Å². The Morgan fingerprint density at radius 1 is 1.35 bits per heavy atom. The summed E-state index contributed by atoms with van der Waals surface area (Å²) in [7, 11) is 0. The van der Waals surface area contributed by atoms with E-state index in [1.165, 1.54) is 5.56 Å². The highest BCUT2D eigenvalue weighted by Gasteiger charge is 2.68. The number of aromatic nitrogens is 4. The average molecular weight is 466 g/mol. The van der Waals surface area contributed by atoms with Crippen molar-refractivity contribution < 1.29 is 18.7 Å². The van der Waals surface area contributed by atoms with Gasteiger partial charge in [0.1, 0.15) is 24.2 Å². The zero-order chi connectivity index (χ0) is 23.5. The predicted molar refractivity (Wildman–Crippen MR) is 122 cm³/mol. The smallest absolute Gasteiger partial charge is 0.222 e. The third kappa shape index (κ3) is 3.13. The summed E-state index contributed by atoms with van der Waals surface area (Å²) in [5.74, 6) is 0.740. The van der Waals surface area contributed by atoms with Crippen LogP contribution in [0.2, 0.25) is 0 Å². The second-order valence-corrected chi connectivity index (χ2v) is 9.86. The monoisotopic (exact) mass is 465 g/mol. The van der Waals surface area contributed by atoms with E-state index in [2.05, 4.69) is 15.3 Å². The van der Waals surface area contributed by atoms with Crippen molar-refractivity contribution in [1.29, 1.82) is 0 Å². The van der Waals surface area contributed by atoms with E-state index in [1.54, 1.807) is 4.90 Å². The average Bonchev–Trinajstić information content (AvgIpc) is 3.55. The van der Waals surface area contributed by atoms with Gasteiger partial charge in [0.05, 0.1) is 36.0 Å². The van der Waals surface area contributed by atoms with Gasteiger partial charge in [0, 0.05) is 37.4 Å². The summed E-state index contributed by atoms with van der Waals surface area (Å²) >= 11 is 0. The van der Waals surface area contributed by atoms with Crippen LogP contribution < -0.4 is 4.74 Å². The first-order chi connectivity index (χ1) is 16.5. The van der Waals surface area contributed by atoms with E-state index in [9.17, 15) is 9.18 Å². The van der Waals surface area contributed by atoms with Gasteiger partial charge in [0.15, 0.2) is 0 Å². The van der Waals surface area contributed by atoms with Crippen LogP contribution in [0.15, 0.2) is 30.6 Å². The molecule has 3 fully saturated rings. The van der Waals surface area contributed by atoms with Crippen LogP contribution in [0, 0.1) is 0 Å². The Morgan fingerprint density at radius 3 is 3.00 bits per heavy atom. The maximum Gasteiger partial charge on any atom is 0.222 e. The second-order valence-electron chi connectivity index (χ2n) is 9.86. The molecule has 2 bridgehead atoms. The molecule has 1 aromatic carbocycles. The summed E-state index contributed by atoms with van der Waals surface area (Å²) in [4.78, 5) is 18.6. The summed E-state index contributed by atoms with van der Waals surface area (Å²) in [6.07, 6.45) is 5.85. The highest BCUT2D eigenvalue weighted by molar-refractivity contribution is 5.84. The molecule has 9 heteroatoms. The first kappa shape index (κ1) is 21.5. The van der Waals surface area contributed by atoms with Crippen molar-refractivity contribution in [2.75, 3.05) is 19.8 Å². The molecule has 8 nitrogen and oxygen atoms in total. The summed E-state index contributed by atoms with van der Waals surface area (Å²) in [6, 6.07) is 5.94. The van der Waals surface area contributed by atoms with E-state index >= 15 is 0 Å². The lowest BCUT2D eigenvalue weighted by molar-refractivity contribution is -0.135. The van der Waals surface area contributed by atoms with Crippen LogP contribution in [0.5, 0.6) is 5.75 Å². The van der Waals surface area contributed by atoms with Gasteiger partial charge in [-0.2, -0.15) is 0 Å². The van der Waals surface area contributed by atoms with Crippen molar-refractivity contribution in [3.8, 4) is 5.75 Å². The summed E-state index contributed by atoms with van der Waals surface area (Å²) < 4.78 is 27.5. The van der Waals surface area contributed by atoms with Gasteiger partial charge in [0.2, 0.25) is 5.91 Å². The van der Waals surface area contributed by atoms with Crippen LogP contribution in [0.25, 0.3) is 10.9 Å². The predicted octanol–water partition coefficient (Wildman–Crippen LogP) is 3.49. The van der Waals surface area contributed by atoms with Gasteiger partial charge in [-0.1, -0.05) is 12.1 Å². The lowest BCUT2D eigenvalue weighted by atomic mass is 9.68. The van der Waals surface area contributed by atoms with Crippen molar-refractivity contribution in [3.63, 3.8) is 0 Å². The number of amides is 1. The molecule has 3 aliphatic heterocycles. The normalized spacial score (nSPS) is 26.3. The molecule has 4 aliphatic rings. The fraction of sp³-hybridized carbons (Fsp3) is 0.520. The third-order valence-corrected chi connectivity index (χ3v) is 7.71. The van der Waals surface area contributed by atoms with Gasteiger partial charge < -0.3 is 14.4 Å². The molecule has 0 radical (unpaired) electrons. The summed E-state index contributed by atoms with van der Waals surface area (Å²) in [6.45, 7) is 5.02. The molecule has 178 valence electrons. The van der Waals surface area contributed by atoms with Crippen molar-refractivity contribution in [3.05, 3.63) is 47.4 Å². The molecule has 5 heterocycles. The minimum Gasteiger partial charge on any atom is -0.484 e. The van der Waals surface area contributed by atoms with E-state index < -0.39 is 12.2 Å². The lowest BCUT2D eigenvalue weighted by Crippen LogP contribution is -2.55. The van der Waals surface area contributed by atoms with Crippen molar-refractivity contribution in [1.82, 2.24) is 24.9 Å². The molecule has 0 unspecified atom stereocenters. The fourth-order valence-electron chi connectivity index (χ4n) is 5.96. The number of ether oxygens (including phenoxy) is 2. The SMILES string of the molecule is CCC(=O)N1CC2(n3cc([C@@H](C)Oc4ccc5ncc6c(c5c4)CCOC6)nn3)CC1(CF)C2. The van der Waals surface area contributed by atoms with E-state index in [0.29, 0.717) is 44.7 Å². The van der Waals surface area contributed by atoms with Crippen molar-refractivity contribution in [2.45, 2.75) is 63.3 Å². The standard InChI is InChI=1S/C25H28FN5O3/c1-3-23(32)30-15-25(12-24(30,13-25)14-26)31-10-22(28-29-31)16(2)34-18-4-5-21-20(8-18)19-6-7-33-11-17(19)9-27-21/h4-5,8-10,16H,3,6-7,11-15H2,1-2H3/t16-,24?,25?/m1/s1. The maximum atomic E-state index is 13.9. The van der Waals surface area contributed by atoms with Crippen LogP contribution in [0.3, 0.4) is 0 Å². The van der Waals surface area contributed by atoms with Crippen LogP contribution in [0.4, 0.5) is 4.39 Å². The Balaban J connectivity index is 1.22. The zero-order valence-electron chi connectivity index (χ0n) is 19.5.